The quantitative estimate of drug-likeness (QED) is 0.681. The molecule has 1 aromatic carbocycles. The largest absolute Gasteiger partial charge is 0.497 e. The minimum Gasteiger partial charge on any atom is -0.497 e. The number of nitrogens with one attached hydrogen (secondary N) is 3. The zero-order valence-corrected chi connectivity index (χ0v) is 14.7. The number of fused-ring (bicyclic) bond motifs is 1. The van der Waals surface area contributed by atoms with E-state index >= 15 is 0 Å². The standard InChI is InChI=1S/C18H19N5O4/c1-27-11-4-2-3-10(7-11)16-19-12-5-6-23(9-14(12)20-16)15(24)8-13-17(25)22-18(26)21-13/h2-4,7,13H,5-6,8-9H2,1H3,(H,19,20)(H2,21,22,25,26). The van der Waals surface area contributed by atoms with Gasteiger partial charge in [-0.2, -0.15) is 0 Å². The summed E-state index contributed by atoms with van der Waals surface area (Å²) in [6, 6.07) is 6.23. The van der Waals surface area contributed by atoms with Crippen molar-refractivity contribution in [2.24, 2.45) is 0 Å². The van der Waals surface area contributed by atoms with E-state index in [0.29, 0.717) is 19.5 Å². The van der Waals surface area contributed by atoms with Crippen LogP contribution in [0.3, 0.4) is 0 Å². The Morgan fingerprint density at radius 3 is 2.96 bits per heavy atom. The average molecular weight is 369 g/mol. The number of ether oxygens (including phenoxy) is 1. The molecule has 1 saturated heterocycles. The molecule has 0 saturated carbocycles. The van der Waals surface area contributed by atoms with Gasteiger partial charge < -0.3 is 19.9 Å². The number of imidazole rings is 1. The van der Waals surface area contributed by atoms with Gasteiger partial charge in [-0.05, 0) is 12.1 Å². The Kier molecular flexibility index (Phi) is 4.27. The first kappa shape index (κ1) is 17.1. The number of carbonyl (C=O) groups is 3. The lowest BCUT2D eigenvalue weighted by atomic mass is 10.1. The molecule has 2 aliphatic heterocycles. The number of H-pyrrole nitrogens is 1. The van der Waals surface area contributed by atoms with Gasteiger partial charge in [-0.25, -0.2) is 9.78 Å². The van der Waals surface area contributed by atoms with Gasteiger partial charge in [0.15, 0.2) is 0 Å². The number of carbonyl (C=O) groups excluding carboxylic acids is 3. The summed E-state index contributed by atoms with van der Waals surface area (Å²) in [5, 5.41) is 4.59. The van der Waals surface area contributed by atoms with Crippen LogP contribution in [0.15, 0.2) is 24.3 Å². The molecule has 140 valence electrons. The number of hydrogen-bond donors (Lipinski definition) is 3. The summed E-state index contributed by atoms with van der Waals surface area (Å²) in [5.74, 6) is 0.833. The van der Waals surface area contributed by atoms with Crippen LogP contribution >= 0.6 is 0 Å². The zero-order valence-electron chi connectivity index (χ0n) is 14.7. The molecule has 9 nitrogen and oxygen atoms in total. The lowest BCUT2D eigenvalue weighted by molar-refractivity contribution is -0.134. The fourth-order valence-corrected chi connectivity index (χ4v) is 3.32. The molecule has 1 atom stereocenters. The van der Waals surface area contributed by atoms with E-state index in [1.54, 1.807) is 12.0 Å². The SMILES string of the molecule is COc1cccc(-c2nc3c([nH]2)CN(C(=O)CC2NC(=O)NC2=O)CC3)c1. The topological polar surface area (TPSA) is 116 Å². The van der Waals surface area contributed by atoms with Gasteiger partial charge in [0.25, 0.3) is 5.91 Å². The van der Waals surface area contributed by atoms with Crippen molar-refractivity contribution in [3.63, 3.8) is 0 Å². The normalized spacial score (nSPS) is 18.7. The highest BCUT2D eigenvalue weighted by Crippen LogP contribution is 2.25. The fraction of sp³-hybridized carbons (Fsp3) is 0.333. The number of amides is 4. The molecule has 0 spiro atoms. The third-order valence-corrected chi connectivity index (χ3v) is 4.77. The van der Waals surface area contributed by atoms with Crippen molar-refractivity contribution in [1.82, 2.24) is 25.5 Å². The third kappa shape index (κ3) is 3.35. The van der Waals surface area contributed by atoms with Crippen LogP contribution in [-0.4, -0.2) is 52.4 Å². The molecular weight excluding hydrogens is 350 g/mol. The summed E-state index contributed by atoms with van der Waals surface area (Å²) in [4.78, 5) is 44.9. The summed E-state index contributed by atoms with van der Waals surface area (Å²) in [7, 11) is 1.61. The second-order valence-electron chi connectivity index (χ2n) is 6.53. The van der Waals surface area contributed by atoms with Crippen molar-refractivity contribution in [3.05, 3.63) is 35.7 Å². The molecular formula is C18H19N5O4. The molecule has 1 unspecified atom stereocenters. The predicted octanol–water partition coefficient (Wildman–Crippen LogP) is 0.568. The Morgan fingerprint density at radius 1 is 1.37 bits per heavy atom. The van der Waals surface area contributed by atoms with E-state index < -0.39 is 18.0 Å². The Morgan fingerprint density at radius 2 is 2.22 bits per heavy atom. The van der Waals surface area contributed by atoms with Crippen molar-refractivity contribution in [2.75, 3.05) is 13.7 Å². The van der Waals surface area contributed by atoms with Crippen LogP contribution in [0.2, 0.25) is 0 Å². The van der Waals surface area contributed by atoms with Gasteiger partial charge in [-0.3, -0.25) is 14.9 Å². The minimum atomic E-state index is -0.805. The number of aromatic amines is 1. The van der Waals surface area contributed by atoms with Gasteiger partial charge in [0.05, 0.1) is 31.5 Å². The first-order valence-electron chi connectivity index (χ1n) is 8.65. The summed E-state index contributed by atoms with van der Waals surface area (Å²) >= 11 is 0. The van der Waals surface area contributed by atoms with Crippen molar-refractivity contribution in [2.45, 2.75) is 25.4 Å². The van der Waals surface area contributed by atoms with Crippen LogP contribution in [0.1, 0.15) is 17.8 Å². The van der Waals surface area contributed by atoms with Crippen molar-refractivity contribution >= 4 is 17.8 Å². The molecule has 0 bridgehead atoms. The van der Waals surface area contributed by atoms with Gasteiger partial charge in [0.2, 0.25) is 5.91 Å². The molecule has 4 amide bonds. The Balaban J connectivity index is 1.47. The van der Waals surface area contributed by atoms with Crippen LogP contribution in [0.25, 0.3) is 11.4 Å². The highest BCUT2D eigenvalue weighted by atomic mass is 16.5. The Labute approximate surface area is 155 Å². The second kappa shape index (κ2) is 6.75. The predicted molar refractivity (Wildman–Crippen MR) is 94.8 cm³/mol. The van der Waals surface area contributed by atoms with Crippen LogP contribution in [0.5, 0.6) is 5.75 Å². The zero-order chi connectivity index (χ0) is 19.0. The molecule has 1 aromatic heterocycles. The molecule has 4 rings (SSSR count). The number of urea groups is 1. The van der Waals surface area contributed by atoms with Gasteiger partial charge in [-0.1, -0.05) is 12.1 Å². The van der Waals surface area contributed by atoms with Gasteiger partial charge in [-0.15, -0.1) is 0 Å². The van der Waals surface area contributed by atoms with E-state index in [9.17, 15) is 14.4 Å². The lowest BCUT2D eigenvalue weighted by Gasteiger charge is -2.26. The first-order valence-corrected chi connectivity index (χ1v) is 8.65. The second-order valence-corrected chi connectivity index (χ2v) is 6.53. The molecule has 0 radical (unpaired) electrons. The van der Waals surface area contributed by atoms with Gasteiger partial charge in [0.1, 0.15) is 17.6 Å². The third-order valence-electron chi connectivity index (χ3n) is 4.77. The van der Waals surface area contributed by atoms with Crippen LogP contribution in [-0.2, 0) is 22.6 Å². The molecule has 9 heteroatoms. The molecule has 1 fully saturated rings. The van der Waals surface area contributed by atoms with Crippen LogP contribution < -0.4 is 15.4 Å². The monoisotopic (exact) mass is 369 g/mol. The number of imide groups is 1. The maximum absolute atomic E-state index is 12.5. The fourth-order valence-electron chi connectivity index (χ4n) is 3.32. The van der Waals surface area contributed by atoms with Gasteiger partial charge in [0, 0.05) is 18.5 Å². The van der Waals surface area contributed by atoms with E-state index in [2.05, 4.69) is 20.6 Å². The number of methoxy groups -OCH3 is 1. The lowest BCUT2D eigenvalue weighted by Crippen LogP contribution is -2.41. The molecule has 2 aromatic rings. The number of nitrogens with zero attached hydrogens (tertiary/aromatic N) is 2. The van der Waals surface area contributed by atoms with E-state index in [-0.39, 0.29) is 12.3 Å². The van der Waals surface area contributed by atoms with Crippen molar-refractivity contribution in [1.29, 1.82) is 0 Å². The summed E-state index contributed by atoms with van der Waals surface area (Å²) in [6.45, 7) is 0.921. The number of benzene rings is 1. The number of rotatable bonds is 4. The molecule has 3 heterocycles. The first-order chi connectivity index (χ1) is 13.0. The number of hydrogen-bond acceptors (Lipinski definition) is 5. The maximum Gasteiger partial charge on any atom is 0.322 e. The van der Waals surface area contributed by atoms with Crippen molar-refractivity contribution in [3.8, 4) is 17.1 Å². The van der Waals surface area contributed by atoms with E-state index in [1.165, 1.54) is 0 Å². The summed E-state index contributed by atoms with van der Waals surface area (Å²) in [5.41, 5.74) is 2.73. The van der Waals surface area contributed by atoms with Crippen LogP contribution in [0, 0.1) is 0 Å². The smallest absolute Gasteiger partial charge is 0.322 e. The number of aromatic nitrogens is 2. The Hall–Kier alpha value is -3.36. The molecule has 2 aliphatic rings. The maximum atomic E-state index is 12.5. The van der Waals surface area contributed by atoms with Crippen LogP contribution in [0.4, 0.5) is 4.79 Å². The summed E-state index contributed by atoms with van der Waals surface area (Å²) in [6.07, 6.45) is 0.578. The molecule has 27 heavy (non-hydrogen) atoms. The summed E-state index contributed by atoms with van der Waals surface area (Å²) < 4.78 is 5.25. The average Bonchev–Trinajstić information content (AvgIpc) is 3.23. The molecule has 3 N–H and O–H groups in total. The van der Waals surface area contributed by atoms with E-state index in [0.717, 1.165) is 28.5 Å². The molecule has 0 aliphatic carbocycles. The van der Waals surface area contributed by atoms with E-state index in [1.807, 2.05) is 24.3 Å². The highest BCUT2D eigenvalue weighted by molar-refractivity contribution is 6.05. The Bertz CT molecular complexity index is 922. The minimum absolute atomic E-state index is 0.0518. The highest BCUT2D eigenvalue weighted by Gasteiger charge is 2.33. The van der Waals surface area contributed by atoms with E-state index in [4.69, 9.17) is 4.74 Å². The van der Waals surface area contributed by atoms with Crippen molar-refractivity contribution < 1.29 is 19.1 Å². The van der Waals surface area contributed by atoms with Gasteiger partial charge >= 0.3 is 6.03 Å².